The summed E-state index contributed by atoms with van der Waals surface area (Å²) in [5.74, 6) is -1.85. The molecule has 5 heteroatoms. The third-order valence-electron chi connectivity index (χ3n) is 3.38. The van der Waals surface area contributed by atoms with Crippen LogP contribution in [0.5, 0.6) is 0 Å². The van der Waals surface area contributed by atoms with Crippen molar-refractivity contribution in [2.45, 2.75) is 31.3 Å². The van der Waals surface area contributed by atoms with Crippen LogP contribution >= 0.6 is 0 Å². The summed E-state index contributed by atoms with van der Waals surface area (Å²) in [5, 5.41) is 9.42. The number of hydrogen-bond acceptors (Lipinski definition) is 2. The number of carboxylic acid groups (broad SMARTS) is 1. The van der Waals surface area contributed by atoms with Gasteiger partial charge in [-0.05, 0) is 25.8 Å². The van der Waals surface area contributed by atoms with Gasteiger partial charge < -0.3 is 10.0 Å². The van der Waals surface area contributed by atoms with Crippen molar-refractivity contribution in [2.75, 3.05) is 0 Å². The Balaban J connectivity index is 2.53. The van der Waals surface area contributed by atoms with Crippen molar-refractivity contribution in [1.82, 2.24) is 4.90 Å². The van der Waals surface area contributed by atoms with Crippen molar-refractivity contribution in [1.29, 1.82) is 0 Å². The van der Waals surface area contributed by atoms with Crippen LogP contribution in [0, 0.1) is 5.82 Å². The molecule has 1 saturated carbocycles. The number of rotatable bonds is 5. The average molecular weight is 251 g/mol. The molecule has 0 heterocycles. The molecule has 96 valence electrons. The zero-order valence-corrected chi connectivity index (χ0v) is 9.97. The summed E-state index contributed by atoms with van der Waals surface area (Å²) < 4.78 is 13.8. The maximum Gasteiger partial charge on any atom is 0.334 e. The first-order chi connectivity index (χ1) is 8.51. The van der Waals surface area contributed by atoms with Crippen LogP contribution in [-0.4, -0.2) is 28.4 Å². The number of amides is 1. The second kappa shape index (κ2) is 4.40. The highest BCUT2D eigenvalue weighted by Crippen LogP contribution is 2.38. The summed E-state index contributed by atoms with van der Waals surface area (Å²) >= 11 is 0. The van der Waals surface area contributed by atoms with E-state index in [-0.39, 0.29) is 11.6 Å². The van der Waals surface area contributed by atoms with Gasteiger partial charge in [-0.1, -0.05) is 18.2 Å². The number of carbonyl (C=O) groups is 2. The van der Waals surface area contributed by atoms with E-state index >= 15 is 0 Å². The van der Waals surface area contributed by atoms with Gasteiger partial charge in [0.25, 0.3) is 0 Å². The van der Waals surface area contributed by atoms with Crippen LogP contribution in [0.25, 0.3) is 0 Å². The molecule has 18 heavy (non-hydrogen) atoms. The lowest BCUT2D eigenvalue weighted by atomic mass is 9.89. The number of carbonyl (C=O) groups excluding carboxylic acids is 1. The number of benzene rings is 1. The molecule has 0 radical (unpaired) electrons. The molecule has 2 rings (SSSR count). The van der Waals surface area contributed by atoms with E-state index in [1.165, 1.54) is 30.0 Å². The highest BCUT2D eigenvalue weighted by Gasteiger charge is 2.48. The first kappa shape index (κ1) is 12.5. The molecule has 0 aliphatic heterocycles. The summed E-state index contributed by atoms with van der Waals surface area (Å²) in [6, 6.07) is 5.55. The lowest BCUT2D eigenvalue weighted by molar-refractivity contribution is -0.155. The van der Waals surface area contributed by atoms with Gasteiger partial charge in [-0.3, -0.25) is 4.79 Å². The molecule has 1 aliphatic carbocycles. The maximum atomic E-state index is 13.8. The Hall–Kier alpha value is -1.91. The topological polar surface area (TPSA) is 57.6 Å². The predicted molar refractivity (Wildman–Crippen MR) is 62.3 cm³/mol. The van der Waals surface area contributed by atoms with Crippen molar-refractivity contribution >= 4 is 12.4 Å². The Morgan fingerprint density at radius 1 is 1.50 bits per heavy atom. The van der Waals surface area contributed by atoms with Gasteiger partial charge in [0.2, 0.25) is 6.41 Å². The van der Waals surface area contributed by atoms with Gasteiger partial charge in [-0.15, -0.1) is 0 Å². The van der Waals surface area contributed by atoms with Crippen molar-refractivity contribution in [3.05, 3.63) is 35.6 Å². The van der Waals surface area contributed by atoms with Crippen LogP contribution in [0.3, 0.4) is 0 Å². The van der Waals surface area contributed by atoms with Gasteiger partial charge in [0.1, 0.15) is 5.82 Å². The molecule has 0 aromatic heterocycles. The molecule has 1 aromatic rings. The predicted octanol–water partition coefficient (Wildman–Crippen LogP) is 1.75. The first-order valence-electron chi connectivity index (χ1n) is 5.74. The fourth-order valence-electron chi connectivity index (χ4n) is 2.13. The van der Waals surface area contributed by atoms with Gasteiger partial charge in [-0.25, -0.2) is 9.18 Å². The molecule has 0 spiro atoms. The van der Waals surface area contributed by atoms with Crippen LogP contribution in [0.4, 0.5) is 4.39 Å². The fourth-order valence-corrected chi connectivity index (χ4v) is 2.13. The van der Waals surface area contributed by atoms with E-state index in [9.17, 15) is 19.1 Å². The van der Waals surface area contributed by atoms with Crippen molar-refractivity contribution in [3.8, 4) is 0 Å². The Morgan fingerprint density at radius 3 is 2.56 bits per heavy atom. The molecule has 4 nitrogen and oxygen atoms in total. The first-order valence-corrected chi connectivity index (χ1v) is 5.74. The minimum absolute atomic E-state index is 0.0106. The number of carboxylic acids is 1. The Labute approximate surface area is 104 Å². The zero-order chi connectivity index (χ0) is 13.3. The molecular formula is C13H14FNO3. The Kier molecular flexibility index (Phi) is 3.07. The summed E-state index contributed by atoms with van der Waals surface area (Å²) in [4.78, 5) is 23.9. The molecule has 1 aromatic carbocycles. The molecule has 1 fully saturated rings. The largest absolute Gasteiger partial charge is 0.479 e. The van der Waals surface area contributed by atoms with E-state index < -0.39 is 17.3 Å². The second-order valence-electron chi connectivity index (χ2n) is 4.60. The fraction of sp³-hybridized carbons (Fsp3) is 0.385. The van der Waals surface area contributed by atoms with Gasteiger partial charge in [0.15, 0.2) is 5.54 Å². The van der Waals surface area contributed by atoms with Gasteiger partial charge in [-0.2, -0.15) is 0 Å². The highest BCUT2D eigenvalue weighted by atomic mass is 19.1. The third-order valence-corrected chi connectivity index (χ3v) is 3.38. The summed E-state index contributed by atoms with van der Waals surface area (Å²) in [6.07, 6.45) is 2.02. The molecule has 1 N–H and O–H groups in total. The van der Waals surface area contributed by atoms with Crippen LogP contribution in [0.1, 0.15) is 25.3 Å². The molecule has 0 bridgehead atoms. The van der Waals surface area contributed by atoms with Crippen LogP contribution < -0.4 is 0 Å². The summed E-state index contributed by atoms with van der Waals surface area (Å²) in [7, 11) is 0. The number of halogens is 1. The minimum Gasteiger partial charge on any atom is -0.479 e. The van der Waals surface area contributed by atoms with E-state index in [4.69, 9.17) is 0 Å². The molecular weight excluding hydrogens is 237 g/mol. The second-order valence-corrected chi connectivity index (χ2v) is 4.60. The number of aliphatic carboxylic acids is 1. The smallest absolute Gasteiger partial charge is 0.334 e. The van der Waals surface area contributed by atoms with Gasteiger partial charge in [0.05, 0.1) is 0 Å². The summed E-state index contributed by atoms with van der Waals surface area (Å²) in [5.41, 5.74) is -1.65. The van der Waals surface area contributed by atoms with E-state index in [0.717, 1.165) is 12.8 Å². The quantitative estimate of drug-likeness (QED) is 0.811. The minimum atomic E-state index is -1.66. The van der Waals surface area contributed by atoms with Crippen molar-refractivity contribution < 1.29 is 19.1 Å². The van der Waals surface area contributed by atoms with Crippen molar-refractivity contribution in [2.24, 2.45) is 0 Å². The average Bonchev–Trinajstić information content (AvgIpc) is 3.14. The van der Waals surface area contributed by atoms with Gasteiger partial charge >= 0.3 is 5.97 Å². The molecule has 1 amide bonds. The van der Waals surface area contributed by atoms with E-state index in [1.807, 2.05) is 0 Å². The lowest BCUT2D eigenvalue weighted by Crippen LogP contribution is -2.50. The van der Waals surface area contributed by atoms with E-state index in [0.29, 0.717) is 6.41 Å². The molecule has 1 atom stereocenters. The third kappa shape index (κ3) is 1.85. The molecule has 1 unspecified atom stereocenters. The number of hydrogen-bond donors (Lipinski definition) is 1. The Bertz CT molecular complexity index is 487. The Morgan fingerprint density at radius 2 is 2.11 bits per heavy atom. The van der Waals surface area contributed by atoms with Gasteiger partial charge in [0, 0.05) is 11.6 Å². The normalized spacial score (nSPS) is 17.9. The molecule has 1 aliphatic rings. The maximum absolute atomic E-state index is 13.8. The summed E-state index contributed by atoms with van der Waals surface area (Å²) in [6.45, 7) is 1.36. The van der Waals surface area contributed by atoms with Crippen molar-refractivity contribution in [3.63, 3.8) is 0 Å². The van der Waals surface area contributed by atoms with E-state index in [1.54, 1.807) is 6.07 Å². The standard InChI is InChI=1S/C13H14FNO3/c1-13(12(17)18,15(8-16)9-6-7-9)10-4-2-3-5-11(10)14/h2-5,8-9H,6-7H2,1H3,(H,17,18). The lowest BCUT2D eigenvalue weighted by Gasteiger charge is -2.35. The van der Waals surface area contributed by atoms with E-state index in [2.05, 4.69) is 0 Å². The monoisotopic (exact) mass is 251 g/mol. The zero-order valence-electron chi connectivity index (χ0n) is 9.97. The van der Waals surface area contributed by atoms with Crippen LogP contribution in [0.2, 0.25) is 0 Å². The number of nitrogens with zero attached hydrogens (tertiary/aromatic N) is 1. The highest BCUT2D eigenvalue weighted by molar-refractivity contribution is 5.83. The molecule has 0 saturated heterocycles. The SMILES string of the molecule is CC(C(=O)O)(c1ccccc1F)N(C=O)C1CC1. The van der Waals surface area contributed by atoms with Crippen LogP contribution in [-0.2, 0) is 15.1 Å². The van der Waals surface area contributed by atoms with Crippen LogP contribution in [0.15, 0.2) is 24.3 Å².